The Morgan fingerprint density at radius 3 is 1.54 bits per heavy atom. The fourth-order valence-electron chi connectivity index (χ4n) is 4.00. The van der Waals surface area contributed by atoms with Crippen LogP contribution >= 0.6 is 0 Å². The Balaban J connectivity index is 1.73. The molecule has 0 saturated carbocycles. The third kappa shape index (κ3) is 2.34. The minimum Gasteiger partial charge on any atom is -0.497 e. The Morgan fingerprint density at radius 2 is 1.14 bits per heavy atom. The van der Waals surface area contributed by atoms with Gasteiger partial charge in [0.2, 0.25) is 0 Å². The second-order valence-corrected chi connectivity index (χ2v) is 7.00. The zero-order chi connectivity index (χ0) is 19.4. The van der Waals surface area contributed by atoms with Crippen molar-refractivity contribution in [2.45, 2.75) is 12.8 Å². The number of methoxy groups -OCH3 is 2. The lowest BCUT2D eigenvalue weighted by atomic mass is 9.90. The third-order valence-electron chi connectivity index (χ3n) is 5.50. The average molecular weight is 374 g/mol. The number of ether oxygens (including phenoxy) is 2. The van der Waals surface area contributed by atoms with Gasteiger partial charge in [-0.05, 0) is 36.4 Å². The van der Waals surface area contributed by atoms with E-state index in [1.807, 2.05) is 24.3 Å². The number of aromatic amines is 2. The fourth-order valence-corrected chi connectivity index (χ4v) is 4.00. The molecule has 1 aliphatic rings. The Morgan fingerprint density at radius 1 is 0.714 bits per heavy atom. The number of H-pyrrole nitrogens is 2. The summed E-state index contributed by atoms with van der Waals surface area (Å²) in [7, 11) is 3.16. The molecular formula is C22H18N2O4. The zero-order valence-electron chi connectivity index (χ0n) is 15.5. The zero-order valence-corrected chi connectivity index (χ0v) is 15.5. The molecule has 0 bridgehead atoms. The van der Waals surface area contributed by atoms with E-state index in [4.69, 9.17) is 9.47 Å². The molecule has 6 heteroatoms. The molecule has 0 saturated heterocycles. The van der Waals surface area contributed by atoms with Gasteiger partial charge in [0.1, 0.15) is 11.5 Å². The number of hydrogen-bond donors (Lipinski definition) is 2. The van der Waals surface area contributed by atoms with Crippen LogP contribution in [-0.2, 0) is 12.8 Å². The highest BCUT2D eigenvalue weighted by molar-refractivity contribution is 5.83. The quantitative estimate of drug-likeness (QED) is 0.498. The summed E-state index contributed by atoms with van der Waals surface area (Å²) in [5.74, 6) is 1.28. The Hall–Kier alpha value is -3.54. The SMILES string of the molecule is COc1ccc2[nH]c3c(c(=O)c2c1)Cc1[nH]c2ccc(OC)cc2c(=O)c1C3. The highest BCUT2D eigenvalue weighted by Crippen LogP contribution is 2.27. The van der Waals surface area contributed by atoms with Crippen LogP contribution in [0.15, 0.2) is 46.0 Å². The molecule has 0 radical (unpaired) electrons. The molecule has 4 aromatic rings. The molecule has 0 aliphatic heterocycles. The van der Waals surface area contributed by atoms with Gasteiger partial charge in [-0.2, -0.15) is 0 Å². The first-order valence-electron chi connectivity index (χ1n) is 9.02. The summed E-state index contributed by atoms with van der Waals surface area (Å²) in [6.45, 7) is 0. The van der Waals surface area contributed by atoms with Gasteiger partial charge in [-0.15, -0.1) is 0 Å². The van der Waals surface area contributed by atoms with E-state index in [1.54, 1.807) is 26.4 Å². The maximum Gasteiger partial charge on any atom is 0.193 e. The molecular weight excluding hydrogens is 356 g/mol. The van der Waals surface area contributed by atoms with Crippen molar-refractivity contribution in [1.82, 2.24) is 9.97 Å². The van der Waals surface area contributed by atoms with Gasteiger partial charge in [-0.3, -0.25) is 9.59 Å². The maximum absolute atomic E-state index is 13.1. The van der Waals surface area contributed by atoms with Crippen LogP contribution < -0.4 is 20.3 Å². The van der Waals surface area contributed by atoms with Crippen molar-refractivity contribution in [2.24, 2.45) is 0 Å². The number of hydrogen-bond acceptors (Lipinski definition) is 4. The summed E-state index contributed by atoms with van der Waals surface area (Å²) >= 11 is 0. The summed E-state index contributed by atoms with van der Waals surface area (Å²) in [5, 5.41) is 1.18. The van der Waals surface area contributed by atoms with Gasteiger partial charge in [0.15, 0.2) is 10.9 Å². The summed E-state index contributed by atoms with van der Waals surface area (Å²) in [4.78, 5) is 32.9. The van der Waals surface area contributed by atoms with Crippen molar-refractivity contribution >= 4 is 21.8 Å². The number of nitrogens with one attached hydrogen (secondary N) is 2. The predicted molar refractivity (Wildman–Crippen MR) is 108 cm³/mol. The van der Waals surface area contributed by atoms with Crippen molar-refractivity contribution in [2.75, 3.05) is 14.2 Å². The standard InChI is InChI=1S/C22H18N2O4/c1-27-11-3-5-17-13(7-11)21(25)15-9-20-16(10-19(15)23-17)22(26)14-8-12(28-2)4-6-18(14)24-20/h3-8H,9-10H2,1-2H3,(H,23,25)(H,24,26). The van der Waals surface area contributed by atoms with Crippen molar-refractivity contribution in [3.05, 3.63) is 79.4 Å². The van der Waals surface area contributed by atoms with Crippen LogP contribution in [0.4, 0.5) is 0 Å². The number of rotatable bonds is 2. The van der Waals surface area contributed by atoms with Crippen LogP contribution in [0.1, 0.15) is 22.5 Å². The Bertz CT molecular complexity index is 1270. The first kappa shape index (κ1) is 16.6. The first-order valence-corrected chi connectivity index (χ1v) is 9.02. The molecule has 2 N–H and O–H groups in total. The molecule has 0 fully saturated rings. The van der Waals surface area contributed by atoms with Gasteiger partial charge in [-0.1, -0.05) is 0 Å². The molecule has 0 atom stereocenters. The van der Waals surface area contributed by atoms with E-state index in [0.29, 0.717) is 46.2 Å². The van der Waals surface area contributed by atoms with Crippen molar-refractivity contribution < 1.29 is 9.47 Å². The molecule has 0 amide bonds. The molecule has 6 nitrogen and oxygen atoms in total. The molecule has 0 unspecified atom stereocenters. The molecule has 2 aromatic carbocycles. The minimum absolute atomic E-state index is 0.0241. The van der Waals surface area contributed by atoms with E-state index in [-0.39, 0.29) is 10.9 Å². The smallest absolute Gasteiger partial charge is 0.193 e. The Kier molecular flexibility index (Phi) is 3.55. The normalized spacial score (nSPS) is 12.6. The van der Waals surface area contributed by atoms with Crippen LogP contribution in [0.3, 0.4) is 0 Å². The predicted octanol–water partition coefficient (Wildman–Crippen LogP) is 2.88. The van der Waals surface area contributed by atoms with Crippen LogP contribution in [0.5, 0.6) is 11.5 Å². The van der Waals surface area contributed by atoms with E-state index in [9.17, 15) is 9.59 Å². The van der Waals surface area contributed by atoms with E-state index in [0.717, 1.165) is 22.4 Å². The maximum atomic E-state index is 13.1. The monoisotopic (exact) mass is 374 g/mol. The van der Waals surface area contributed by atoms with Crippen molar-refractivity contribution in [3.63, 3.8) is 0 Å². The van der Waals surface area contributed by atoms with Crippen LogP contribution in [0, 0.1) is 0 Å². The lowest BCUT2D eigenvalue weighted by Crippen LogP contribution is -2.25. The van der Waals surface area contributed by atoms with E-state index in [1.165, 1.54) is 0 Å². The van der Waals surface area contributed by atoms with Crippen molar-refractivity contribution in [1.29, 1.82) is 0 Å². The van der Waals surface area contributed by atoms with Crippen LogP contribution in [0.25, 0.3) is 21.8 Å². The highest BCUT2D eigenvalue weighted by atomic mass is 16.5. The van der Waals surface area contributed by atoms with Gasteiger partial charge in [0, 0.05) is 57.2 Å². The molecule has 1 aliphatic carbocycles. The number of pyridine rings is 2. The molecule has 0 spiro atoms. The molecule has 2 heterocycles. The minimum atomic E-state index is -0.0241. The van der Waals surface area contributed by atoms with Gasteiger partial charge in [-0.25, -0.2) is 0 Å². The van der Waals surface area contributed by atoms with Gasteiger partial charge in [0.25, 0.3) is 0 Å². The van der Waals surface area contributed by atoms with E-state index >= 15 is 0 Å². The summed E-state index contributed by atoms with van der Waals surface area (Å²) in [5.41, 5.74) is 4.41. The van der Waals surface area contributed by atoms with Crippen LogP contribution in [0.2, 0.25) is 0 Å². The lowest BCUT2D eigenvalue weighted by Gasteiger charge is -2.20. The number of fused-ring (bicyclic) bond motifs is 4. The first-order chi connectivity index (χ1) is 13.6. The van der Waals surface area contributed by atoms with E-state index in [2.05, 4.69) is 9.97 Å². The molecule has 5 rings (SSSR count). The second kappa shape index (κ2) is 5.99. The van der Waals surface area contributed by atoms with Gasteiger partial charge in [0.05, 0.1) is 14.2 Å². The van der Waals surface area contributed by atoms with Crippen molar-refractivity contribution in [3.8, 4) is 11.5 Å². The Labute approximate surface area is 159 Å². The summed E-state index contributed by atoms with van der Waals surface area (Å²) in [6, 6.07) is 10.8. The number of aromatic nitrogens is 2. The van der Waals surface area contributed by atoms with Gasteiger partial charge < -0.3 is 19.4 Å². The average Bonchev–Trinajstić information content (AvgIpc) is 2.73. The van der Waals surface area contributed by atoms with Gasteiger partial charge >= 0.3 is 0 Å². The van der Waals surface area contributed by atoms with Crippen LogP contribution in [-0.4, -0.2) is 24.2 Å². The lowest BCUT2D eigenvalue weighted by molar-refractivity contribution is 0.415. The third-order valence-corrected chi connectivity index (χ3v) is 5.50. The largest absolute Gasteiger partial charge is 0.497 e. The fraction of sp³-hybridized carbons (Fsp3) is 0.182. The number of benzene rings is 2. The molecule has 2 aromatic heterocycles. The summed E-state index contributed by atoms with van der Waals surface area (Å²) in [6.07, 6.45) is 0.786. The highest BCUT2D eigenvalue weighted by Gasteiger charge is 2.24. The molecule has 28 heavy (non-hydrogen) atoms. The summed E-state index contributed by atoms with van der Waals surface area (Å²) < 4.78 is 10.5. The van der Waals surface area contributed by atoms with E-state index < -0.39 is 0 Å². The molecule has 140 valence electrons. The second-order valence-electron chi connectivity index (χ2n) is 7.00. The topological polar surface area (TPSA) is 84.2 Å².